The minimum absolute atomic E-state index is 0.0448. The predicted octanol–water partition coefficient (Wildman–Crippen LogP) is 2.07. The van der Waals surface area contributed by atoms with E-state index in [-0.39, 0.29) is 17.7 Å². The van der Waals surface area contributed by atoms with Gasteiger partial charge in [-0.05, 0) is 31.2 Å². The summed E-state index contributed by atoms with van der Waals surface area (Å²) >= 11 is 0. The van der Waals surface area contributed by atoms with Crippen molar-refractivity contribution in [1.29, 1.82) is 0 Å². The van der Waals surface area contributed by atoms with E-state index in [9.17, 15) is 9.59 Å². The normalized spacial score (nSPS) is 12.0. The van der Waals surface area contributed by atoms with Crippen molar-refractivity contribution in [3.05, 3.63) is 36.9 Å². The van der Waals surface area contributed by atoms with E-state index in [4.69, 9.17) is 0 Å². The molecule has 0 spiro atoms. The first-order valence-corrected chi connectivity index (χ1v) is 7.03. The van der Waals surface area contributed by atoms with Crippen LogP contribution in [0.15, 0.2) is 36.9 Å². The highest BCUT2D eigenvalue weighted by Crippen LogP contribution is 2.16. The Labute approximate surface area is 128 Å². The molecule has 7 nitrogen and oxygen atoms in total. The van der Waals surface area contributed by atoms with Gasteiger partial charge in [0, 0.05) is 17.3 Å². The van der Waals surface area contributed by atoms with Crippen LogP contribution in [0.2, 0.25) is 0 Å². The van der Waals surface area contributed by atoms with Crippen molar-refractivity contribution in [3.63, 3.8) is 0 Å². The Balaban J connectivity index is 1.96. The molecule has 22 heavy (non-hydrogen) atoms. The summed E-state index contributed by atoms with van der Waals surface area (Å²) in [5.74, 6) is -0.316. The zero-order chi connectivity index (χ0) is 16.1. The van der Waals surface area contributed by atoms with Crippen molar-refractivity contribution in [1.82, 2.24) is 14.8 Å². The molecule has 0 saturated heterocycles. The molecule has 0 radical (unpaired) electrons. The number of aromatic nitrogens is 3. The number of amides is 2. The lowest BCUT2D eigenvalue weighted by atomic mass is 10.2. The molecule has 7 heteroatoms. The molecule has 2 aromatic rings. The molecule has 0 aliphatic heterocycles. The molecule has 0 fully saturated rings. The molecule has 1 unspecified atom stereocenters. The van der Waals surface area contributed by atoms with Crippen LogP contribution in [0.25, 0.3) is 0 Å². The summed E-state index contributed by atoms with van der Waals surface area (Å²) in [5.41, 5.74) is 1.35. The number of anilines is 2. The second-order valence-corrected chi connectivity index (χ2v) is 5.26. The van der Waals surface area contributed by atoms with Crippen LogP contribution in [0, 0.1) is 5.92 Å². The number of nitrogens with one attached hydrogen (secondary N) is 2. The predicted molar refractivity (Wildman–Crippen MR) is 83.3 cm³/mol. The number of hydrogen-bond donors (Lipinski definition) is 2. The Kier molecular flexibility index (Phi) is 4.88. The maximum Gasteiger partial charge on any atom is 0.249 e. The third-order valence-electron chi connectivity index (χ3n) is 3.16. The van der Waals surface area contributed by atoms with Crippen LogP contribution < -0.4 is 10.6 Å². The first-order valence-electron chi connectivity index (χ1n) is 7.03. The largest absolute Gasteiger partial charge is 0.326 e. The van der Waals surface area contributed by atoms with Gasteiger partial charge in [-0.15, -0.1) is 0 Å². The van der Waals surface area contributed by atoms with Gasteiger partial charge in [-0.3, -0.25) is 9.59 Å². The van der Waals surface area contributed by atoms with Gasteiger partial charge in [0.25, 0.3) is 0 Å². The van der Waals surface area contributed by atoms with Crippen LogP contribution >= 0.6 is 0 Å². The first-order chi connectivity index (χ1) is 10.5. The van der Waals surface area contributed by atoms with E-state index in [0.29, 0.717) is 11.4 Å². The van der Waals surface area contributed by atoms with Crippen LogP contribution in [0.5, 0.6) is 0 Å². The van der Waals surface area contributed by atoms with Crippen LogP contribution in [0.4, 0.5) is 11.4 Å². The van der Waals surface area contributed by atoms with Gasteiger partial charge in [0.1, 0.15) is 18.7 Å². The van der Waals surface area contributed by atoms with E-state index in [1.807, 2.05) is 13.8 Å². The molecule has 2 N–H and O–H groups in total. The molecular weight excluding hydrogens is 282 g/mol. The number of carbonyl (C=O) groups is 2. The number of nitrogens with zero attached hydrogens (tertiary/aromatic N) is 3. The number of benzene rings is 1. The van der Waals surface area contributed by atoms with Crippen molar-refractivity contribution in [2.24, 2.45) is 5.92 Å². The highest BCUT2D eigenvalue weighted by atomic mass is 16.2. The summed E-state index contributed by atoms with van der Waals surface area (Å²) < 4.78 is 1.48. The third-order valence-corrected chi connectivity index (χ3v) is 3.16. The van der Waals surface area contributed by atoms with Gasteiger partial charge in [-0.1, -0.05) is 13.8 Å². The van der Waals surface area contributed by atoms with Gasteiger partial charge in [-0.2, -0.15) is 5.10 Å². The van der Waals surface area contributed by atoms with Crippen molar-refractivity contribution >= 4 is 23.2 Å². The fraction of sp³-hybridized carbons (Fsp3) is 0.333. The Hall–Kier alpha value is -2.70. The fourth-order valence-electron chi connectivity index (χ4n) is 1.71. The van der Waals surface area contributed by atoms with Gasteiger partial charge in [-0.25, -0.2) is 9.67 Å². The zero-order valence-electron chi connectivity index (χ0n) is 12.8. The Morgan fingerprint density at radius 2 is 1.55 bits per heavy atom. The van der Waals surface area contributed by atoms with Gasteiger partial charge >= 0.3 is 0 Å². The molecule has 0 bridgehead atoms. The van der Waals surface area contributed by atoms with Crippen LogP contribution in [0.3, 0.4) is 0 Å². The zero-order valence-corrected chi connectivity index (χ0v) is 12.8. The smallest absolute Gasteiger partial charge is 0.249 e. The monoisotopic (exact) mass is 301 g/mol. The van der Waals surface area contributed by atoms with Gasteiger partial charge in [0.2, 0.25) is 11.8 Å². The number of rotatable bonds is 5. The molecule has 2 amide bonds. The molecule has 116 valence electrons. The standard InChI is InChI=1S/C15H19N5O2/c1-10(2)14(21)18-12-4-6-13(7-5-12)19-15(22)11(3)20-9-16-8-17-20/h4-11H,1-3H3,(H,18,21)(H,19,22). The lowest BCUT2D eigenvalue weighted by molar-refractivity contribution is -0.119. The summed E-state index contributed by atoms with van der Waals surface area (Å²) in [6.07, 6.45) is 2.88. The van der Waals surface area contributed by atoms with Crippen LogP contribution in [0.1, 0.15) is 26.8 Å². The van der Waals surface area contributed by atoms with Crippen molar-refractivity contribution in [2.75, 3.05) is 10.6 Å². The Morgan fingerprint density at radius 3 is 2.00 bits per heavy atom. The van der Waals surface area contributed by atoms with E-state index in [1.54, 1.807) is 31.2 Å². The van der Waals surface area contributed by atoms with Gasteiger partial charge in [0.05, 0.1) is 0 Å². The summed E-state index contributed by atoms with van der Waals surface area (Å²) in [6.45, 7) is 5.39. The van der Waals surface area contributed by atoms with E-state index in [0.717, 1.165) is 0 Å². The van der Waals surface area contributed by atoms with Gasteiger partial charge in [0.15, 0.2) is 0 Å². The maximum atomic E-state index is 12.1. The molecule has 0 aliphatic rings. The summed E-state index contributed by atoms with van der Waals surface area (Å²) in [4.78, 5) is 27.5. The first kappa shape index (κ1) is 15.7. The molecule has 1 aromatic heterocycles. The van der Waals surface area contributed by atoms with Gasteiger partial charge < -0.3 is 10.6 Å². The van der Waals surface area contributed by atoms with E-state index < -0.39 is 6.04 Å². The lowest BCUT2D eigenvalue weighted by Gasteiger charge is -2.13. The van der Waals surface area contributed by atoms with Crippen molar-refractivity contribution < 1.29 is 9.59 Å². The van der Waals surface area contributed by atoms with Crippen molar-refractivity contribution in [2.45, 2.75) is 26.8 Å². The second kappa shape index (κ2) is 6.84. The minimum atomic E-state index is -0.456. The number of carbonyl (C=O) groups excluding carboxylic acids is 2. The Bertz CT molecular complexity index is 634. The summed E-state index contributed by atoms with van der Waals surface area (Å²) in [5, 5.41) is 9.53. The number of hydrogen-bond acceptors (Lipinski definition) is 4. The third kappa shape index (κ3) is 3.91. The summed E-state index contributed by atoms with van der Waals surface area (Å²) in [6, 6.07) is 6.51. The molecule has 0 saturated carbocycles. The SMILES string of the molecule is CC(C)C(=O)Nc1ccc(NC(=O)C(C)n2cncn2)cc1. The van der Waals surface area contributed by atoms with Crippen LogP contribution in [-0.2, 0) is 9.59 Å². The Morgan fingerprint density at radius 1 is 1.00 bits per heavy atom. The minimum Gasteiger partial charge on any atom is -0.326 e. The average molecular weight is 301 g/mol. The van der Waals surface area contributed by atoms with E-state index >= 15 is 0 Å². The molecule has 0 aliphatic carbocycles. The average Bonchev–Trinajstić information content (AvgIpc) is 3.02. The topological polar surface area (TPSA) is 88.9 Å². The molecule has 1 atom stereocenters. The molecular formula is C15H19N5O2. The molecule has 2 rings (SSSR count). The molecule has 1 aromatic carbocycles. The second-order valence-electron chi connectivity index (χ2n) is 5.26. The maximum absolute atomic E-state index is 12.1. The van der Waals surface area contributed by atoms with Crippen molar-refractivity contribution in [3.8, 4) is 0 Å². The lowest BCUT2D eigenvalue weighted by Crippen LogP contribution is -2.24. The molecule has 1 heterocycles. The van der Waals surface area contributed by atoms with E-state index in [2.05, 4.69) is 20.7 Å². The quantitative estimate of drug-likeness (QED) is 0.884. The van der Waals surface area contributed by atoms with Crippen LogP contribution in [-0.4, -0.2) is 26.6 Å². The highest BCUT2D eigenvalue weighted by Gasteiger charge is 2.15. The summed E-state index contributed by atoms with van der Waals surface area (Å²) in [7, 11) is 0. The highest BCUT2D eigenvalue weighted by molar-refractivity contribution is 5.94. The van der Waals surface area contributed by atoms with E-state index in [1.165, 1.54) is 17.3 Å². The fourth-order valence-corrected chi connectivity index (χ4v) is 1.71.